The SMILES string of the molecule is Cc1cccc(C=NN=c2scc(C)n2-c2ccccc2)c1. The van der Waals surface area contributed by atoms with Crippen molar-refractivity contribution in [2.45, 2.75) is 13.8 Å². The van der Waals surface area contributed by atoms with Crippen LogP contribution < -0.4 is 4.80 Å². The third-order valence-corrected chi connectivity index (χ3v) is 4.22. The fraction of sp³-hybridized carbons (Fsp3) is 0.111. The Bertz CT molecular complexity index is 857. The average Bonchev–Trinajstić information content (AvgIpc) is 2.89. The minimum Gasteiger partial charge on any atom is -0.288 e. The molecule has 0 aliphatic rings. The van der Waals surface area contributed by atoms with Crippen LogP contribution in [0.1, 0.15) is 16.8 Å². The van der Waals surface area contributed by atoms with Crippen molar-refractivity contribution in [1.29, 1.82) is 0 Å². The molecule has 1 heterocycles. The number of para-hydroxylation sites is 1. The highest BCUT2D eigenvalue weighted by molar-refractivity contribution is 7.07. The van der Waals surface area contributed by atoms with Crippen molar-refractivity contribution in [3.8, 4) is 5.69 Å². The predicted molar refractivity (Wildman–Crippen MR) is 92.7 cm³/mol. The molecule has 3 aromatic rings. The molecule has 0 saturated heterocycles. The molecule has 3 nitrogen and oxygen atoms in total. The highest BCUT2D eigenvalue weighted by Gasteiger charge is 2.02. The standard InChI is InChI=1S/C18H17N3S/c1-14-7-6-8-16(11-14)12-19-20-18-21(15(2)13-22-18)17-9-4-3-5-10-17/h3-13H,1-2H3. The summed E-state index contributed by atoms with van der Waals surface area (Å²) in [6.45, 7) is 4.15. The van der Waals surface area contributed by atoms with Gasteiger partial charge in [0.05, 0.1) is 6.21 Å². The summed E-state index contributed by atoms with van der Waals surface area (Å²) < 4.78 is 2.11. The fourth-order valence-corrected chi connectivity index (χ4v) is 3.08. The van der Waals surface area contributed by atoms with E-state index in [-0.39, 0.29) is 0 Å². The lowest BCUT2D eigenvalue weighted by Crippen LogP contribution is -2.13. The number of aryl methyl sites for hydroxylation is 2. The molecule has 0 spiro atoms. The third-order valence-electron chi connectivity index (χ3n) is 3.29. The van der Waals surface area contributed by atoms with Crippen molar-refractivity contribution in [1.82, 2.24) is 4.57 Å². The van der Waals surface area contributed by atoms with E-state index in [0.29, 0.717) is 0 Å². The second kappa shape index (κ2) is 6.54. The van der Waals surface area contributed by atoms with E-state index >= 15 is 0 Å². The van der Waals surface area contributed by atoms with Crippen LogP contribution in [-0.2, 0) is 0 Å². The summed E-state index contributed by atoms with van der Waals surface area (Å²) in [5, 5.41) is 10.7. The Morgan fingerprint density at radius 2 is 1.82 bits per heavy atom. The van der Waals surface area contributed by atoms with Crippen LogP contribution in [0, 0.1) is 13.8 Å². The van der Waals surface area contributed by atoms with Crippen LogP contribution in [0.3, 0.4) is 0 Å². The lowest BCUT2D eigenvalue weighted by atomic mass is 10.2. The molecular weight excluding hydrogens is 290 g/mol. The monoisotopic (exact) mass is 307 g/mol. The Hall–Kier alpha value is -2.46. The second-order valence-corrected chi connectivity index (χ2v) is 5.93. The number of nitrogens with zero attached hydrogens (tertiary/aromatic N) is 3. The number of thiazole rings is 1. The van der Waals surface area contributed by atoms with Crippen molar-refractivity contribution >= 4 is 17.6 Å². The number of aromatic nitrogens is 1. The molecule has 0 aliphatic carbocycles. The lowest BCUT2D eigenvalue weighted by Gasteiger charge is -2.04. The first-order valence-corrected chi connectivity index (χ1v) is 7.98. The van der Waals surface area contributed by atoms with Gasteiger partial charge in [-0.2, -0.15) is 5.10 Å². The quantitative estimate of drug-likeness (QED) is 0.515. The van der Waals surface area contributed by atoms with Gasteiger partial charge in [0.15, 0.2) is 0 Å². The molecular formula is C18H17N3S. The zero-order chi connectivity index (χ0) is 15.4. The Kier molecular flexibility index (Phi) is 4.30. The van der Waals surface area contributed by atoms with E-state index in [1.807, 2.05) is 30.3 Å². The lowest BCUT2D eigenvalue weighted by molar-refractivity contribution is 0.927. The van der Waals surface area contributed by atoms with Crippen LogP contribution in [-0.4, -0.2) is 10.8 Å². The summed E-state index contributed by atoms with van der Waals surface area (Å²) in [4.78, 5) is 0.868. The maximum absolute atomic E-state index is 4.38. The van der Waals surface area contributed by atoms with E-state index in [0.717, 1.165) is 21.7 Å². The van der Waals surface area contributed by atoms with Crippen molar-refractivity contribution in [3.05, 3.63) is 81.6 Å². The van der Waals surface area contributed by atoms with E-state index in [4.69, 9.17) is 0 Å². The Labute approximate surface area is 133 Å². The molecule has 22 heavy (non-hydrogen) atoms. The Morgan fingerprint density at radius 1 is 1.00 bits per heavy atom. The summed E-state index contributed by atoms with van der Waals surface area (Å²) in [7, 11) is 0. The van der Waals surface area contributed by atoms with E-state index in [2.05, 4.69) is 58.3 Å². The van der Waals surface area contributed by atoms with Crippen molar-refractivity contribution in [2.24, 2.45) is 10.2 Å². The molecule has 0 bridgehead atoms. The number of benzene rings is 2. The second-order valence-electron chi connectivity index (χ2n) is 5.09. The molecule has 0 amide bonds. The fourth-order valence-electron chi connectivity index (χ4n) is 2.25. The Morgan fingerprint density at radius 3 is 2.59 bits per heavy atom. The highest BCUT2D eigenvalue weighted by atomic mass is 32.1. The molecule has 110 valence electrons. The zero-order valence-corrected chi connectivity index (χ0v) is 13.4. The molecule has 2 aromatic carbocycles. The third kappa shape index (κ3) is 3.23. The van der Waals surface area contributed by atoms with Gasteiger partial charge in [0.25, 0.3) is 0 Å². The molecule has 3 rings (SSSR count). The van der Waals surface area contributed by atoms with Gasteiger partial charge in [-0.05, 0) is 31.5 Å². The molecule has 0 unspecified atom stereocenters. The van der Waals surface area contributed by atoms with Crippen LogP contribution in [0.25, 0.3) is 5.69 Å². The summed E-state index contributed by atoms with van der Waals surface area (Å²) >= 11 is 1.59. The van der Waals surface area contributed by atoms with Crippen LogP contribution in [0.2, 0.25) is 0 Å². The molecule has 0 radical (unpaired) electrons. The zero-order valence-electron chi connectivity index (χ0n) is 12.6. The van der Waals surface area contributed by atoms with E-state index in [9.17, 15) is 0 Å². The normalized spacial score (nSPS) is 12.2. The molecule has 0 fully saturated rings. The van der Waals surface area contributed by atoms with Crippen LogP contribution in [0.15, 0.2) is 70.2 Å². The summed E-state index contributed by atoms with van der Waals surface area (Å²) in [5.74, 6) is 0. The number of hydrogen-bond donors (Lipinski definition) is 0. The first-order chi connectivity index (χ1) is 10.7. The molecule has 4 heteroatoms. The largest absolute Gasteiger partial charge is 0.288 e. The van der Waals surface area contributed by atoms with Crippen LogP contribution in [0.5, 0.6) is 0 Å². The van der Waals surface area contributed by atoms with Crippen molar-refractivity contribution in [2.75, 3.05) is 0 Å². The molecule has 1 aromatic heterocycles. The first kappa shape index (κ1) is 14.5. The highest BCUT2D eigenvalue weighted by Crippen LogP contribution is 2.10. The molecule has 0 atom stereocenters. The average molecular weight is 307 g/mol. The van der Waals surface area contributed by atoms with E-state index in [1.165, 1.54) is 5.56 Å². The van der Waals surface area contributed by atoms with Crippen molar-refractivity contribution in [3.63, 3.8) is 0 Å². The number of rotatable bonds is 3. The van der Waals surface area contributed by atoms with Gasteiger partial charge in [0.2, 0.25) is 4.80 Å². The van der Waals surface area contributed by atoms with Gasteiger partial charge >= 0.3 is 0 Å². The predicted octanol–water partition coefficient (Wildman–Crippen LogP) is 4.09. The topological polar surface area (TPSA) is 29.6 Å². The van der Waals surface area contributed by atoms with E-state index in [1.54, 1.807) is 17.6 Å². The minimum atomic E-state index is 0.868. The maximum Gasteiger partial charge on any atom is 0.215 e. The van der Waals surface area contributed by atoms with Gasteiger partial charge in [-0.15, -0.1) is 16.4 Å². The smallest absolute Gasteiger partial charge is 0.215 e. The summed E-state index contributed by atoms with van der Waals surface area (Å²) in [5.41, 5.74) is 4.53. The number of hydrogen-bond acceptors (Lipinski definition) is 3. The maximum atomic E-state index is 4.38. The first-order valence-electron chi connectivity index (χ1n) is 7.10. The Balaban J connectivity index is 1.96. The van der Waals surface area contributed by atoms with Crippen LogP contribution >= 0.6 is 11.3 Å². The van der Waals surface area contributed by atoms with Gasteiger partial charge < -0.3 is 0 Å². The van der Waals surface area contributed by atoms with Gasteiger partial charge in [0.1, 0.15) is 0 Å². The summed E-state index contributed by atoms with van der Waals surface area (Å²) in [6, 6.07) is 18.4. The summed E-state index contributed by atoms with van der Waals surface area (Å²) in [6.07, 6.45) is 1.79. The van der Waals surface area contributed by atoms with Crippen molar-refractivity contribution < 1.29 is 0 Å². The molecule has 0 N–H and O–H groups in total. The van der Waals surface area contributed by atoms with Gasteiger partial charge in [-0.1, -0.05) is 48.0 Å². The molecule has 0 saturated carbocycles. The van der Waals surface area contributed by atoms with E-state index < -0.39 is 0 Å². The van der Waals surface area contributed by atoms with Gasteiger partial charge in [-0.3, -0.25) is 4.57 Å². The van der Waals surface area contributed by atoms with Gasteiger partial charge in [-0.25, -0.2) is 0 Å². The van der Waals surface area contributed by atoms with Crippen LogP contribution in [0.4, 0.5) is 0 Å². The minimum absolute atomic E-state index is 0.868. The molecule has 0 aliphatic heterocycles. The van der Waals surface area contributed by atoms with Gasteiger partial charge in [0, 0.05) is 16.8 Å².